The largest absolute Gasteiger partial charge is 0.468 e. The molecule has 1 amide bonds. The van der Waals surface area contributed by atoms with E-state index in [0.717, 1.165) is 11.1 Å². The van der Waals surface area contributed by atoms with Crippen LogP contribution < -0.4 is 0 Å². The maximum atomic E-state index is 12.3. The van der Waals surface area contributed by atoms with E-state index in [2.05, 4.69) is 4.74 Å². The van der Waals surface area contributed by atoms with Crippen LogP contribution in [0.25, 0.3) is 0 Å². The van der Waals surface area contributed by atoms with Crippen LogP contribution in [-0.2, 0) is 20.9 Å². The van der Waals surface area contributed by atoms with Crippen LogP contribution in [-0.4, -0.2) is 30.9 Å². The molecule has 0 aliphatic heterocycles. The lowest BCUT2D eigenvalue weighted by Crippen LogP contribution is -2.43. The van der Waals surface area contributed by atoms with Crippen molar-refractivity contribution in [1.82, 2.24) is 4.90 Å². The first-order valence-corrected chi connectivity index (χ1v) is 6.18. The lowest BCUT2D eigenvalue weighted by molar-refractivity contribution is -0.160. The Morgan fingerprint density at radius 2 is 1.95 bits per heavy atom. The molecule has 0 atom stereocenters. The van der Waals surface area contributed by atoms with Crippen molar-refractivity contribution in [2.45, 2.75) is 27.3 Å². The fourth-order valence-corrected chi connectivity index (χ4v) is 1.98. The second-order valence-electron chi connectivity index (χ2n) is 5.27. The van der Waals surface area contributed by atoms with E-state index in [1.807, 2.05) is 31.2 Å². The fourth-order valence-electron chi connectivity index (χ4n) is 1.98. The minimum absolute atomic E-state index is 0.249. The third kappa shape index (κ3) is 3.56. The molecule has 0 unspecified atom stereocenters. The molecule has 0 aliphatic carbocycles. The number of aryl methyl sites for hydroxylation is 1. The summed E-state index contributed by atoms with van der Waals surface area (Å²) in [5.41, 5.74) is 1.02. The van der Waals surface area contributed by atoms with E-state index in [1.54, 1.807) is 25.8 Å². The molecule has 0 N–H and O–H groups in total. The Bertz CT molecular complexity index is 480. The van der Waals surface area contributed by atoms with Crippen LogP contribution in [0, 0.1) is 12.3 Å². The van der Waals surface area contributed by atoms with E-state index < -0.39 is 11.4 Å². The predicted molar refractivity (Wildman–Crippen MR) is 73.5 cm³/mol. The Morgan fingerprint density at radius 3 is 2.47 bits per heavy atom. The van der Waals surface area contributed by atoms with Gasteiger partial charge in [0, 0.05) is 13.6 Å². The molecular formula is C15H21NO3. The lowest BCUT2D eigenvalue weighted by Gasteiger charge is -2.27. The van der Waals surface area contributed by atoms with Crippen molar-refractivity contribution in [2.75, 3.05) is 14.2 Å². The van der Waals surface area contributed by atoms with Gasteiger partial charge in [-0.05, 0) is 26.3 Å². The number of rotatable bonds is 4. The first kappa shape index (κ1) is 15.2. The summed E-state index contributed by atoms with van der Waals surface area (Å²) in [7, 11) is 2.98. The van der Waals surface area contributed by atoms with Gasteiger partial charge in [-0.1, -0.05) is 29.8 Å². The average Bonchev–Trinajstić information content (AvgIpc) is 2.36. The molecule has 4 nitrogen and oxygen atoms in total. The minimum atomic E-state index is -1.16. The van der Waals surface area contributed by atoms with Gasteiger partial charge in [0.15, 0.2) is 0 Å². The summed E-state index contributed by atoms with van der Waals surface area (Å²) in [6, 6.07) is 7.94. The zero-order chi connectivity index (χ0) is 14.6. The third-order valence-corrected chi connectivity index (χ3v) is 3.08. The molecule has 0 heterocycles. The zero-order valence-electron chi connectivity index (χ0n) is 12.2. The summed E-state index contributed by atoms with van der Waals surface area (Å²) in [5, 5.41) is 0. The predicted octanol–water partition coefficient (Wildman–Crippen LogP) is 2.15. The lowest BCUT2D eigenvalue weighted by atomic mass is 9.91. The highest BCUT2D eigenvalue weighted by molar-refractivity contribution is 6.01. The molecule has 19 heavy (non-hydrogen) atoms. The van der Waals surface area contributed by atoms with E-state index in [1.165, 1.54) is 7.11 Å². The number of amides is 1. The monoisotopic (exact) mass is 263 g/mol. The summed E-state index contributed by atoms with van der Waals surface area (Å²) in [6.07, 6.45) is 0. The molecular weight excluding hydrogens is 242 g/mol. The summed E-state index contributed by atoms with van der Waals surface area (Å²) in [4.78, 5) is 25.4. The Balaban J connectivity index is 2.81. The number of esters is 1. The van der Waals surface area contributed by atoms with Gasteiger partial charge in [-0.3, -0.25) is 9.59 Å². The van der Waals surface area contributed by atoms with Gasteiger partial charge in [-0.15, -0.1) is 0 Å². The van der Waals surface area contributed by atoms with Gasteiger partial charge >= 0.3 is 5.97 Å². The van der Waals surface area contributed by atoms with Crippen LogP contribution in [0.1, 0.15) is 25.0 Å². The molecule has 0 aromatic heterocycles. The quantitative estimate of drug-likeness (QED) is 0.617. The average molecular weight is 263 g/mol. The highest BCUT2D eigenvalue weighted by Crippen LogP contribution is 2.21. The number of ether oxygens (including phenoxy) is 1. The van der Waals surface area contributed by atoms with Crippen LogP contribution in [0.5, 0.6) is 0 Å². The van der Waals surface area contributed by atoms with Crippen molar-refractivity contribution in [2.24, 2.45) is 5.41 Å². The fraction of sp³-hybridized carbons (Fsp3) is 0.467. The Hall–Kier alpha value is -1.84. The van der Waals surface area contributed by atoms with E-state index in [-0.39, 0.29) is 5.91 Å². The molecule has 104 valence electrons. The standard InChI is InChI=1S/C15H21NO3/c1-11-7-6-8-12(9-11)10-16(4)13(17)15(2,3)14(18)19-5/h6-9H,10H2,1-5H3. The molecule has 0 spiro atoms. The van der Waals surface area contributed by atoms with Crippen molar-refractivity contribution in [3.05, 3.63) is 35.4 Å². The summed E-state index contributed by atoms with van der Waals surface area (Å²) >= 11 is 0. The van der Waals surface area contributed by atoms with Gasteiger partial charge in [0.2, 0.25) is 5.91 Å². The molecule has 0 saturated carbocycles. The second kappa shape index (κ2) is 5.87. The van der Waals surface area contributed by atoms with Gasteiger partial charge < -0.3 is 9.64 Å². The maximum Gasteiger partial charge on any atom is 0.320 e. The maximum absolute atomic E-state index is 12.3. The Labute approximate surface area is 114 Å². The molecule has 1 aromatic rings. The second-order valence-corrected chi connectivity index (χ2v) is 5.27. The highest BCUT2D eigenvalue weighted by Gasteiger charge is 2.39. The van der Waals surface area contributed by atoms with Crippen molar-refractivity contribution >= 4 is 11.9 Å². The van der Waals surface area contributed by atoms with Gasteiger partial charge in [0.05, 0.1) is 7.11 Å². The summed E-state index contributed by atoms with van der Waals surface area (Å²) in [5.74, 6) is -0.769. The van der Waals surface area contributed by atoms with E-state index in [4.69, 9.17) is 0 Å². The Kier molecular flexibility index (Phi) is 4.70. The van der Waals surface area contributed by atoms with Crippen LogP contribution in [0.15, 0.2) is 24.3 Å². The molecule has 0 fully saturated rings. The number of hydrogen-bond donors (Lipinski definition) is 0. The number of carbonyl (C=O) groups excluding carboxylic acids is 2. The molecule has 0 aliphatic rings. The summed E-state index contributed by atoms with van der Waals surface area (Å²) < 4.78 is 4.67. The zero-order valence-corrected chi connectivity index (χ0v) is 12.2. The Morgan fingerprint density at radius 1 is 1.32 bits per heavy atom. The normalized spacial score (nSPS) is 11.0. The van der Waals surface area contributed by atoms with Crippen molar-refractivity contribution < 1.29 is 14.3 Å². The van der Waals surface area contributed by atoms with Crippen LogP contribution in [0.2, 0.25) is 0 Å². The van der Waals surface area contributed by atoms with Crippen molar-refractivity contribution in [3.8, 4) is 0 Å². The number of carbonyl (C=O) groups is 2. The number of methoxy groups -OCH3 is 1. The molecule has 0 bridgehead atoms. The van der Waals surface area contributed by atoms with Crippen LogP contribution in [0.4, 0.5) is 0 Å². The van der Waals surface area contributed by atoms with Gasteiger partial charge in [0.25, 0.3) is 0 Å². The SMILES string of the molecule is COC(=O)C(C)(C)C(=O)N(C)Cc1cccc(C)c1. The van der Waals surface area contributed by atoms with Crippen LogP contribution in [0.3, 0.4) is 0 Å². The smallest absolute Gasteiger partial charge is 0.320 e. The van der Waals surface area contributed by atoms with Gasteiger partial charge in [0.1, 0.15) is 5.41 Å². The van der Waals surface area contributed by atoms with E-state index in [9.17, 15) is 9.59 Å². The van der Waals surface area contributed by atoms with Gasteiger partial charge in [-0.25, -0.2) is 0 Å². The van der Waals surface area contributed by atoms with Crippen molar-refractivity contribution in [3.63, 3.8) is 0 Å². The van der Waals surface area contributed by atoms with Crippen LogP contribution >= 0.6 is 0 Å². The number of hydrogen-bond acceptors (Lipinski definition) is 3. The first-order chi connectivity index (χ1) is 8.78. The molecule has 1 rings (SSSR count). The summed E-state index contributed by atoms with van der Waals surface area (Å²) in [6.45, 7) is 5.63. The number of nitrogens with zero attached hydrogens (tertiary/aromatic N) is 1. The molecule has 0 saturated heterocycles. The van der Waals surface area contributed by atoms with E-state index in [0.29, 0.717) is 6.54 Å². The number of benzene rings is 1. The van der Waals surface area contributed by atoms with Crippen molar-refractivity contribution in [1.29, 1.82) is 0 Å². The van der Waals surface area contributed by atoms with E-state index >= 15 is 0 Å². The molecule has 1 aromatic carbocycles. The minimum Gasteiger partial charge on any atom is -0.468 e. The molecule has 0 radical (unpaired) electrons. The first-order valence-electron chi connectivity index (χ1n) is 6.18. The van der Waals surface area contributed by atoms with Gasteiger partial charge in [-0.2, -0.15) is 0 Å². The molecule has 4 heteroatoms. The third-order valence-electron chi connectivity index (χ3n) is 3.08. The topological polar surface area (TPSA) is 46.6 Å². The highest BCUT2D eigenvalue weighted by atomic mass is 16.5.